The monoisotopic (exact) mass is 364 g/mol. The van der Waals surface area contributed by atoms with E-state index in [0.29, 0.717) is 6.04 Å². The number of halogens is 1. The van der Waals surface area contributed by atoms with Crippen LogP contribution in [0.4, 0.5) is 0 Å². The summed E-state index contributed by atoms with van der Waals surface area (Å²) in [5, 5.41) is 1.96. The van der Waals surface area contributed by atoms with Crippen LogP contribution in [0.3, 0.4) is 0 Å². The number of hydrogen-bond donors (Lipinski definition) is 0. The lowest BCUT2D eigenvalue weighted by atomic mass is 10.1. The Morgan fingerprint density at radius 2 is 2.35 bits per heavy atom. The number of thiophene rings is 1. The number of amides is 1. The van der Waals surface area contributed by atoms with Gasteiger partial charge in [0.1, 0.15) is 0 Å². The average Bonchev–Trinajstić information content (AvgIpc) is 2.75. The highest BCUT2D eigenvalue weighted by atomic mass is 127. The highest BCUT2D eigenvalue weighted by Gasteiger charge is 2.26. The van der Waals surface area contributed by atoms with Crippen molar-refractivity contribution >= 4 is 39.8 Å². The van der Waals surface area contributed by atoms with Crippen LogP contribution in [-0.2, 0) is 0 Å². The average molecular weight is 364 g/mol. The summed E-state index contributed by atoms with van der Waals surface area (Å²) < 4.78 is 1.17. The summed E-state index contributed by atoms with van der Waals surface area (Å²) in [5.41, 5.74) is 0.844. The molecule has 0 radical (unpaired) electrons. The third-order valence-electron chi connectivity index (χ3n) is 3.27. The molecule has 1 aliphatic rings. The van der Waals surface area contributed by atoms with Gasteiger partial charge in [0.25, 0.3) is 5.91 Å². The van der Waals surface area contributed by atoms with Gasteiger partial charge in [0.15, 0.2) is 0 Å². The molecule has 94 valence electrons. The Morgan fingerprint density at radius 1 is 1.59 bits per heavy atom. The molecule has 0 bridgehead atoms. The summed E-state index contributed by atoms with van der Waals surface area (Å²) in [4.78, 5) is 16.7. The van der Waals surface area contributed by atoms with Gasteiger partial charge in [0.2, 0.25) is 0 Å². The lowest BCUT2D eigenvalue weighted by Crippen LogP contribution is -2.53. The van der Waals surface area contributed by atoms with Crippen molar-refractivity contribution in [3.63, 3.8) is 0 Å². The molecule has 0 spiro atoms. The molecular weight excluding hydrogens is 347 g/mol. The second-order valence-corrected chi connectivity index (χ2v) is 7.17. The Morgan fingerprint density at radius 3 is 2.88 bits per heavy atom. The molecule has 17 heavy (non-hydrogen) atoms. The molecule has 2 rings (SSSR count). The first-order valence-corrected chi connectivity index (χ1v) is 7.85. The Kier molecular flexibility index (Phi) is 4.43. The molecule has 1 aliphatic heterocycles. The van der Waals surface area contributed by atoms with E-state index in [1.165, 1.54) is 2.88 Å². The quantitative estimate of drug-likeness (QED) is 0.753. The Bertz CT molecular complexity index is 407. The number of carbonyl (C=O) groups excluding carboxylic acids is 1. The van der Waals surface area contributed by atoms with Gasteiger partial charge in [-0.2, -0.15) is 0 Å². The summed E-state index contributed by atoms with van der Waals surface area (Å²) in [7, 11) is 0. The Labute approximate surface area is 120 Å². The number of carbonyl (C=O) groups is 1. The van der Waals surface area contributed by atoms with Gasteiger partial charge in [-0.1, -0.05) is 6.92 Å². The highest BCUT2D eigenvalue weighted by molar-refractivity contribution is 14.1. The molecule has 1 aromatic rings. The first-order chi connectivity index (χ1) is 8.11. The van der Waals surface area contributed by atoms with E-state index in [2.05, 4.69) is 41.3 Å². The zero-order chi connectivity index (χ0) is 12.4. The number of piperazine rings is 1. The number of rotatable bonds is 2. The van der Waals surface area contributed by atoms with Crippen molar-refractivity contribution in [3.05, 3.63) is 19.9 Å². The van der Waals surface area contributed by atoms with E-state index >= 15 is 0 Å². The van der Waals surface area contributed by atoms with Gasteiger partial charge in [-0.25, -0.2) is 0 Å². The van der Waals surface area contributed by atoms with Crippen LogP contribution in [0.1, 0.15) is 24.2 Å². The molecule has 1 atom stereocenters. The van der Waals surface area contributed by atoms with Crippen molar-refractivity contribution in [1.29, 1.82) is 0 Å². The molecule has 1 aromatic heterocycles. The van der Waals surface area contributed by atoms with Crippen molar-refractivity contribution in [2.75, 3.05) is 26.2 Å². The molecule has 3 nitrogen and oxygen atoms in total. The SMILES string of the molecule is CCN1CCN(C(=O)c2csc(I)c2)CC1C. The van der Waals surface area contributed by atoms with E-state index in [0.717, 1.165) is 31.7 Å². The lowest BCUT2D eigenvalue weighted by molar-refractivity contribution is 0.0529. The predicted octanol–water partition coefficient (Wildman–Crippen LogP) is 2.52. The largest absolute Gasteiger partial charge is 0.336 e. The maximum absolute atomic E-state index is 12.3. The molecular formula is C12H17IN2OS. The number of likely N-dealkylation sites (N-methyl/N-ethyl adjacent to an activating group) is 1. The Balaban J connectivity index is 2.02. The van der Waals surface area contributed by atoms with E-state index in [4.69, 9.17) is 0 Å². The fourth-order valence-corrected chi connectivity index (χ4v) is 3.57. The third kappa shape index (κ3) is 3.00. The minimum atomic E-state index is 0.187. The van der Waals surface area contributed by atoms with Crippen LogP contribution in [0.2, 0.25) is 0 Å². The van der Waals surface area contributed by atoms with Crippen LogP contribution >= 0.6 is 33.9 Å². The van der Waals surface area contributed by atoms with Crippen LogP contribution < -0.4 is 0 Å². The minimum absolute atomic E-state index is 0.187. The van der Waals surface area contributed by atoms with E-state index < -0.39 is 0 Å². The van der Waals surface area contributed by atoms with E-state index in [1.54, 1.807) is 11.3 Å². The fourth-order valence-electron chi connectivity index (χ4n) is 2.25. The van der Waals surface area contributed by atoms with E-state index in [9.17, 15) is 4.79 Å². The van der Waals surface area contributed by atoms with Gasteiger partial charge in [-0.05, 0) is 42.1 Å². The topological polar surface area (TPSA) is 23.6 Å². The molecule has 1 saturated heterocycles. The van der Waals surface area contributed by atoms with Crippen LogP contribution in [0.25, 0.3) is 0 Å². The highest BCUT2D eigenvalue weighted by Crippen LogP contribution is 2.19. The maximum Gasteiger partial charge on any atom is 0.254 e. The second-order valence-electron chi connectivity index (χ2n) is 4.37. The van der Waals surface area contributed by atoms with Crippen LogP contribution in [0, 0.1) is 2.88 Å². The molecule has 1 unspecified atom stereocenters. The first kappa shape index (κ1) is 13.3. The smallest absolute Gasteiger partial charge is 0.254 e. The molecule has 5 heteroatoms. The first-order valence-electron chi connectivity index (χ1n) is 5.89. The van der Waals surface area contributed by atoms with Crippen LogP contribution in [0.5, 0.6) is 0 Å². The zero-order valence-corrected chi connectivity index (χ0v) is 13.1. The maximum atomic E-state index is 12.3. The van der Waals surface area contributed by atoms with Crippen molar-refractivity contribution < 1.29 is 4.79 Å². The fraction of sp³-hybridized carbons (Fsp3) is 0.583. The van der Waals surface area contributed by atoms with Crippen LogP contribution in [0.15, 0.2) is 11.4 Å². The van der Waals surface area contributed by atoms with Gasteiger partial charge in [0.05, 0.1) is 8.45 Å². The van der Waals surface area contributed by atoms with E-state index in [-0.39, 0.29) is 5.91 Å². The van der Waals surface area contributed by atoms with E-state index in [1.807, 2.05) is 16.3 Å². The predicted molar refractivity (Wildman–Crippen MR) is 79.6 cm³/mol. The third-order valence-corrected chi connectivity index (χ3v) is 5.06. The molecule has 1 amide bonds. The van der Waals surface area contributed by atoms with Crippen molar-refractivity contribution in [2.45, 2.75) is 19.9 Å². The summed E-state index contributed by atoms with van der Waals surface area (Å²) in [6.45, 7) is 8.13. The van der Waals surface area contributed by atoms with Crippen molar-refractivity contribution in [1.82, 2.24) is 9.80 Å². The summed E-state index contributed by atoms with van der Waals surface area (Å²) in [6.07, 6.45) is 0. The normalized spacial score (nSPS) is 21.8. The molecule has 0 aromatic carbocycles. The minimum Gasteiger partial charge on any atom is -0.336 e. The standard InChI is InChI=1S/C12H17IN2OS/c1-3-14-4-5-15(7-9(14)2)12(16)10-6-11(13)17-8-10/h6,8-9H,3-5,7H2,1-2H3. The van der Waals surface area contributed by atoms with Crippen molar-refractivity contribution in [2.24, 2.45) is 0 Å². The number of nitrogens with zero attached hydrogens (tertiary/aromatic N) is 2. The lowest BCUT2D eigenvalue weighted by Gasteiger charge is -2.39. The zero-order valence-electron chi connectivity index (χ0n) is 10.1. The number of hydrogen-bond acceptors (Lipinski definition) is 3. The second kappa shape index (κ2) is 5.67. The summed E-state index contributed by atoms with van der Waals surface area (Å²) in [5.74, 6) is 0.187. The van der Waals surface area contributed by atoms with Gasteiger partial charge < -0.3 is 4.90 Å². The van der Waals surface area contributed by atoms with Crippen molar-refractivity contribution in [3.8, 4) is 0 Å². The van der Waals surface area contributed by atoms with Gasteiger partial charge in [-0.15, -0.1) is 11.3 Å². The Hall–Kier alpha value is -0.140. The van der Waals surface area contributed by atoms with Crippen LogP contribution in [-0.4, -0.2) is 47.9 Å². The summed E-state index contributed by atoms with van der Waals surface area (Å²) in [6, 6.07) is 2.44. The molecule has 0 aliphatic carbocycles. The van der Waals surface area contributed by atoms with Gasteiger partial charge >= 0.3 is 0 Å². The summed E-state index contributed by atoms with van der Waals surface area (Å²) >= 11 is 3.89. The molecule has 0 N–H and O–H groups in total. The molecule has 2 heterocycles. The molecule has 0 saturated carbocycles. The molecule has 1 fully saturated rings. The van der Waals surface area contributed by atoms with Gasteiger partial charge in [0, 0.05) is 31.1 Å². The van der Waals surface area contributed by atoms with Gasteiger partial charge in [-0.3, -0.25) is 9.69 Å².